The smallest absolute Gasteiger partial charge is 0.131 e. The molecule has 0 unspecified atom stereocenters. The molecule has 1 heterocycles. The van der Waals surface area contributed by atoms with Gasteiger partial charge in [-0.25, -0.2) is 4.39 Å². The molecule has 0 atom stereocenters. The van der Waals surface area contributed by atoms with E-state index in [1.165, 1.54) is 11.6 Å². The summed E-state index contributed by atoms with van der Waals surface area (Å²) in [7, 11) is 0. The van der Waals surface area contributed by atoms with E-state index in [9.17, 15) is 9.65 Å². The molecular formula is C24H17FN2. The number of nitriles is 1. The van der Waals surface area contributed by atoms with Gasteiger partial charge in [0.05, 0.1) is 11.6 Å². The largest absolute Gasteiger partial charge is 0.342 e. The molecule has 2 nitrogen and oxygen atoms in total. The lowest BCUT2D eigenvalue weighted by atomic mass is 10.0. The summed E-state index contributed by atoms with van der Waals surface area (Å²) in [5.74, 6) is -0.390. The molecule has 0 fully saturated rings. The Morgan fingerprint density at radius 2 is 1.63 bits per heavy atom. The fourth-order valence-corrected chi connectivity index (χ4v) is 3.31. The van der Waals surface area contributed by atoms with E-state index in [1.54, 1.807) is 24.3 Å². The minimum atomic E-state index is -0.390. The normalized spacial score (nSPS) is 11.5. The molecule has 3 aromatic carbocycles. The number of rotatable bonds is 4. The van der Waals surface area contributed by atoms with Gasteiger partial charge in [0.2, 0.25) is 0 Å². The Bertz CT molecular complexity index is 1160. The van der Waals surface area contributed by atoms with Crippen LogP contribution in [0.5, 0.6) is 0 Å². The first-order valence-electron chi connectivity index (χ1n) is 8.75. The van der Waals surface area contributed by atoms with E-state index >= 15 is 0 Å². The van der Waals surface area contributed by atoms with Crippen molar-refractivity contribution in [3.8, 4) is 6.07 Å². The molecule has 0 amide bonds. The van der Waals surface area contributed by atoms with Gasteiger partial charge in [0.25, 0.3) is 0 Å². The number of allylic oxidation sites excluding steroid dienone is 1. The second kappa shape index (κ2) is 7.31. The van der Waals surface area contributed by atoms with Crippen LogP contribution in [0, 0.1) is 17.1 Å². The highest BCUT2D eigenvalue weighted by atomic mass is 19.1. The van der Waals surface area contributed by atoms with E-state index in [4.69, 9.17) is 0 Å². The van der Waals surface area contributed by atoms with Crippen LogP contribution in [-0.4, -0.2) is 4.57 Å². The van der Waals surface area contributed by atoms with Gasteiger partial charge in [-0.15, -0.1) is 0 Å². The molecule has 0 bridgehead atoms. The maximum Gasteiger partial charge on any atom is 0.131 e. The lowest BCUT2D eigenvalue weighted by Crippen LogP contribution is -1.97. The zero-order valence-electron chi connectivity index (χ0n) is 14.6. The van der Waals surface area contributed by atoms with Crippen molar-refractivity contribution in [1.82, 2.24) is 4.57 Å². The second-order valence-electron chi connectivity index (χ2n) is 6.36. The average molecular weight is 352 g/mol. The van der Waals surface area contributed by atoms with Crippen molar-refractivity contribution in [2.24, 2.45) is 0 Å². The average Bonchev–Trinajstić information content (AvgIpc) is 3.05. The summed E-state index contributed by atoms with van der Waals surface area (Å²) in [6.07, 6.45) is 3.79. The number of benzene rings is 3. The minimum absolute atomic E-state index is 0.315. The van der Waals surface area contributed by atoms with E-state index in [2.05, 4.69) is 28.8 Å². The highest BCUT2D eigenvalue weighted by Gasteiger charge is 2.11. The minimum Gasteiger partial charge on any atom is -0.342 e. The van der Waals surface area contributed by atoms with Crippen LogP contribution in [0.25, 0.3) is 22.6 Å². The van der Waals surface area contributed by atoms with Crippen molar-refractivity contribution in [2.75, 3.05) is 0 Å². The summed E-state index contributed by atoms with van der Waals surface area (Å²) >= 11 is 0. The standard InChI is InChI=1S/C24H17FN2/c25-23-12-6-4-10-21(23)19(15-26)14-20-17-27(16-18-8-2-1-3-9-18)24-13-7-5-11-22(20)24/h1-14,17H,16H2/b19-14-. The monoisotopic (exact) mass is 352 g/mol. The number of hydrogen-bond acceptors (Lipinski definition) is 1. The van der Waals surface area contributed by atoms with Crippen LogP contribution in [0.1, 0.15) is 16.7 Å². The molecule has 0 aliphatic carbocycles. The van der Waals surface area contributed by atoms with Gasteiger partial charge in [-0.2, -0.15) is 5.26 Å². The molecule has 0 radical (unpaired) electrons. The molecule has 27 heavy (non-hydrogen) atoms. The van der Waals surface area contributed by atoms with E-state index in [1.807, 2.05) is 42.6 Å². The fourth-order valence-electron chi connectivity index (χ4n) is 3.31. The van der Waals surface area contributed by atoms with Gasteiger partial charge in [0, 0.05) is 34.8 Å². The third kappa shape index (κ3) is 3.38. The van der Waals surface area contributed by atoms with Gasteiger partial charge in [0.15, 0.2) is 0 Å². The molecule has 0 aliphatic rings. The second-order valence-corrected chi connectivity index (χ2v) is 6.36. The van der Waals surface area contributed by atoms with E-state index < -0.39 is 5.82 Å². The third-order valence-electron chi connectivity index (χ3n) is 4.60. The van der Waals surface area contributed by atoms with Gasteiger partial charge in [-0.1, -0.05) is 66.7 Å². The van der Waals surface area contributed by atoms with E-state index in [-0.39, 0.29) is 0 Å². The summed E-state index contributed by atoms with van der Waals surface area (Å²) in [5.41, 5.74) is 3.82. The Hall–Kier alpha value is -3.64. The Morgan fingerprint density at radius 1 is 0.926 bits per heavy atom. The summed E-state index contributed by atoms with van der Waals surface area (Å²) in [6, 6.07) is 26.8. The zero-order chi connectivity index (χ0) is 18.6. The van der Waals surface area contributed by atoms with Crippen LogP contribution >= 0.6 is 0 Å². The predicted molar refractivity (Wildman–Crippen MR) is 107 cm³/mol. The highest BCUT2D eigenvalue weighted by molar-refractivity contribution is 5.98. The van der Waals surface area contributed by atoms with Crippen molar-refractivity contribution < 1.29 is 4.39 Å². The number of aromatic nitrogens is 1. The van der Waals surface area contributed by atoms with Gasteiger partial charge in [0.1, 0.15) is 5.82 Å². The Labute approximate surface area is 157 Å². The van der Waals surface area contributed by atoms with Crippen molar-refractivity contribution in [3.63, 3.8) is 0 Å². The van der Waals surface area contributed by atoms with Crippen LogP contribution in [0.2, 0.25) is 0 Å². The molecule has 1 aromatic heterocycles. The lowest BCUT2D eigenvalue weighted by Gasteiger charge is -2.05. The fraction of sp³-hybridized carbons (Fsp3) is 0.0417. The maximum atomic E-state index is 14.1. The van der Waals surface area contributed by atoms with Crippen LogP contribution < -0.4 is 0 Å². The quantitative estimate of drug-likeness (QED) is 0.421. The van der Waals surface area contributed by atoms with Crippen LogP contribution in [0.15, 0.2) is 85.1 Å². The first kappa shape index (κ1) is 16.8. The molecule has 0 aliphatic heterocycles. The lowest BCUT2D eigenvalue weighted by molar-refractivity contribution is 0.624. The summed E-state index contributed by atoms with van der Waals surface area (Å²) in [6.45, 7) is 0.733. The van der Waals surface area contributed by atoms with Crippen LogP contribution in [0.4, 0.5) is 4.39 Å². The predicted octanol–water partition coefficient (Wildman–Crippen LogP) is 5.89. The van der Waals surface area contributed by atoms with Crippen molar-refractivity contribution in [1.29, 1.82) is 5.26 Å². The Morgan fingerprint density at radius 3 is 2.41 bits per heavy atom. The summed E-state index contributed by atoms with van der Waals surface area (Å²) < 4.78 is 16.3. The number of nitrogens with zero attached hydrogens (tertiary/aromatic N) is 2. The molecule has 130 valence electrons. The molecule has 4 aromatic rings. The molecular weight excluding hydrogens is 335 g/mol. The van der Waals surface area contributed by atoms with Gasteiger partial charge in [-0.3, -0.25) is 0 Å². The number of halogens is 1. The van der Waals surface area contributed by atoms with Crippen LogP contribution in [0.3, 0.4) is 0 Å². The zero-order valence-corrected chi connectivity index (χ0v) is 14.6. The number of fused-ring (bicyclic) bond motifs is 1. The number of hydrogen-bond donors (Lipinski definition) is 0. The molecule has 0 spiro atoms. The van der Waals surface area contributed by atoms with Crippen molar-refractivity contribution in [2.45, 2.75) is 6.54 Å². The molecule has 4 rings (SSSR count). The van der Waals surface area contributed by atoms with Crippen molar-refractivity contribution >= 4 is 22.6 Å². The van der Waals surface area contributed by atoms with Gasteiger partial charge in [-0.05, 0) is 23.8 Å². The highest BCUT2D eigenvalue weighted by Crippen LogP contribution is 2.27. The third-order valence-corrected chi connectivity index (χ3v) is 4.60. The molecule has 0 saturated heterocycles. The SMILES string of the molecule is N#C/C(=C/c1cn(Cc2ccccc2)c2ccccc12)c1ccccc1F. The topological polar surface area (TPSA) is 28.7 Å². The molecule has 0 saturated carbocycles. The van der Waals surface area contributed by atoms with Gasteiger partial charge >= 0.3 is 0 Å². The van der Waals surface area contributed by atoms with E-state index in [0.29, 0.717) is 11.1 Å². The first-order chi connectivity index (χ1) is 13.3. The number of para-hydroxylation sites is 1. The first-order valence-corrected chi connectivity index (χ1v) is 8.75. The van der Waals surface area contributed by atoms with Crippen LogP contribution in [-0.2, 0) is 6.54 Å². The maximum absolute atomic E-state index is 14.1. The van der Waals surface area contributed by atoms with Gasteiger partial charge < -0.3 is 4.57 Å². The Balaban J connectivity index is 1.83. The van der Waals surface area contributed by atoms with Crippen molar-refractivity contribution in [3.05, 3.63) is 108 Å². The summed E-state index contributed by atoms with van der Waals surface area (Å²) in [5, 5.41) is 10.6. The summed E-state index contributed by atoms with van der Waals surface area (Å²) in [4.78, 5) is 0. The molecule has 0 N–H and O–H groups in total. The molecule has 3 heteroatoms. The van der Waals surface area contributed by atoms with E-state index in [0.717, 1.165) is 23.0 Å². The Kier molecular flexibility index (Phi) is 4.55.